The van der Waals surface area contributed by atoms with Crippen LogP contribution in [0, 0.1) is 10.1 Å². The maximum absolute atomic E-state index is 11.9. The summed E-state index contributed by atoms with van der Waals surface area (Å²) in [7, 11) is 0. The first-order valence-electron chi connectivity index (χ1n) is 5.72. The monoisotopic (exact) mass is 295 g/mol. The van der Waals surface area contributed by atoms with Gasteiger partial charge in [-0.2, -0.15) is 0 Å². The second-order valence-corrected chi connectivity index (χ2v) is 4.22. The molecule has 0 aliphatic rings. The number of furan rings is 1. The Hall–Kier alpha value is -2.41. The maximum Gasteiger partial charge on any atom is 0.311 e. The van der Waals surface area contributed by atoms with Crippen molar-refractivity contribution in [2.24, 2.45) is 0 Å². The molecule has 0 unspecified atom stereocenters. The molecule has 2 aromatic rings. The van der Waals surface area contributed by atoms with Crippen LogP contribution in [0.25, 0.3) is 0 Å². The lowest BCUT2D eigenvalue weighted by Crippen LogP contribution is -2.13. The van der Waals surface area contributed by atoms with Crippen LogP contribution in [-0.4, -0.2) is 15.8 Å². The van der Waals surface area contributed by atoms with E-state index in [2.05, 4.69) is 10.3 Å². The number of aryl methyl sites for hydroxylation is 1. The molecule has 7 nitrogen and oxygen atoms in total. The number of hydrogen-bond acceptors (Lipinski definition) is 5. The topological polar surface area (TPSA) is 98.3 Å². The van der Waals surface area contributed by atoms with E-state index >= 15 is 0 Å². The summed E-state index contributed by atoms with van der Waals surface area (Å²) >= 11 is 5.67. The third kappa shape index (κ3) is 2.94. The van der Waals surface area contributed by atoms with Gasteiger partial charge in [0.15, 0.2) is 5.76 Å². The first-order chi connectivity index (χ1) is 9.51. The van der Waals surface area contributed by atoms with Gasteiger partial charge in [0.1, 0.15) is 10.9 Å². The minimum Gasteiger partial charge on any atom is -0.456 e. The zero-order chi connectivity index (χ0) is 14.7. The Kier molecular flexibility index (Phi) is 3.99. The Bertz CT molecular complexity index is 668. The highest BCUT2D eigenvalue weighted by molar-refractivity contribution is 6.29. The molecule has 20 heavy (non-hydrogen) atoms. The van der Waals surface area contributed by atoms with Gasteiger partial charge in [0.2, 0.25) is 5.82 Å². The normalized spacial score (nSPS) is 10.3. The number of carbonyl (C=O) groups is 1. The summed E-state index contributed by atoms with van der Waals surface area (Å²) in [6.07, 6.45) is 0.642. The number of aromatic nitrogens is 1. The third-order valence-corrected chi connectivity index (χ3v) is 2.71. The van der Waals surface area contributed by atoms with Gasteiger partial charge in [-0.3, -0.25) is 20.2 Å². The molecule has 1 N–H and O–H groups in total. The molecule has 2 rings (SSSR count). The fraction of sp³-hybridized carbons (Fsp3) is 0.167. The number of nitro groups is 1. The quantitative estimate of drug-likeness (QED) is 0.531. The highest BCUT2D eigenvalue weighted by atomic mass is 35.5. The first-order valence-corrected chi connectivity index (χ1v) is 6.10. The molecule has 2 aromatic heterocycles. The average molecular weight is 296 g/mol. The molecule has 8 heteroatoms. The highest BCUT2D eigenvalue weighted by Gasteiger charge is 2.20. The van der Waals surface area contributed by atoms with Crippen molar-refractivity contribution in [3.8, 4) is 0 Å². The lowest BCUT2D eigenvalue weighted by molar-refractivity contribution is -0.384. The summed E-state index contributed by atoms with van der Waals surface area (Å²) in [5.41, 5.74) is -0.343. The van der Waals surface area contributed by atoms with Crippen molar-refractivity contribution < 1.29 is 14.1 Å². The second-order valence-electron chi connectivity index (χ2n) is 3.83. The molecule has 0 atom stereocenters. The molecule has 0 fully saturated rings. The Labute approximate surface area is 118 Å². The van der Waals surface area contributed by atoms with Crippen LogP contribution in [0.15, 0.2) is 28.7 Å². The SMILES string of the molecule is CCc1ccc(C(=O)Nc2nc(Cl)ccc2[N+](=O)[O-])o1. The minimum atomic E-state index is -0.654. The zero-order valence-corrected chi connectivity index (χ0v) is 11.2. The fourth-order valence-electron chi connectivity index (χ4n) is 1.53. The van der Waals surface area contributed by atoms with Crippen LogP contribution in [-0.2, 0) is 6.42 Å². The summed E-state index contributed by atoms with van der Waals surface area (Å²) in [5.74, 6) is -0.147. The van der Waals surface area contributed by atoms with E-state index in [9.17, 15) is 14.9 Å². The molecular formula is C12H10ClN3O4. The summed E-state index contributed by atoms with van der Waals surface area (Å²) in [6, 6.07) is 5.60. The van der Waals surface area contributed by atoms with E-state index in [1.807, 2.05) is 6.92 Å². The van der Waals surface area contributed by atoms with Crippen molar-refractivity contribution in [2.75, 3.05) is 5.32 Å². The molecule has 2 heterocycles. The zero-order valence-electron chi connectivity index (χ0n) is 10.4. The maximum atomic E-state index is 11.9. The van der Waals surface area contributed by atoms with Crippen molar-refractivity contribution in [1.29, 1.82) is 0 Å². The minimum absolute atomic E-state index is 0.0413. The van der Waals surface area contributed by atoms with E-state index in [0.717, 1.165) is 0 Å². The highest BCUT2D eigenvalue weighted by Crippen LogP contribution is 2.24. The summed E-state index contributed by atoms with van der Waals surface area (Å²) in [4.78, 5) is 25.9. The smallest absolute Gasteiger partial charge is 0.311 e. The molecule has 0 saturated carbocycles. The summed E-state index contributed by atoms with van der Waals surface area (Å²) < 4.78 is 5.25. The van der Waals surface area contributed by atoms with Crippen LogP contribution in [0.5, 0.6) is 0 Å². The molecule has 0 spiro atoms. The number of nitrogens with one attached hydrogen (secondary N) is 1. The van der Waals surface area contributed by atoms with Crippen molar-refractivity contribution in [1.82, 2.24) is 4.98 Å². The number of anilines is 1. The third-order valence-electron chi connectivity index (χ3n) is 2.50. The largest absolute Gasteiger partial charge is 0.456 e. The average Bonchev–Trinajstić information content (AvgIpc) is 2.87. The van der Waals surface area contributed by atoms with E-state index in [-0.39, 0.29) is 22.4 Å². The molecule has 0 aliphatic carbocycles. The van der Waals surface area contributed by atoms with Crippen LogP contribution in [0.3, 0.4) is 0 Å². The van der Waals surface area contributed by atoms with Crippen LogP contribution in [0.1, 0.15) is 23.2 Å². The molecule has 0 aliphatic heterocycles. The fourth-order valence-corrected chi connectivity index (χ4v) is 1.67. The van der Waals surface area contributed by atoms with Gasteiger partial charge in [-0.05, 0) is 18.2 Å². The van der Waals surface area contributed by atoms with Crippen LogP contribution in [0.4, 0.5) is 11.5 Å². The Morgan fingerprint density at radius 2 is 2.20 bits per heavy atom. The van der Waals surface area contributed by atoms with Gasteiger partial charge in [0.25, 0.3) is 5.91 Å². The van der Waals surface area contributed by atoms with Crippen LogP contribution < -0.4 is 5.32 Å². The van der Waals surface area contributed by atoms with Gasteiger partial charge in [0, 0.05) is 12.5 Å². The number of halogens is 1. The molecule has 0 aromatic carbocycles. The van der Waals surface area contributed by atoms with E-state index in [0.29, 0.717) is 12.2 Å². The van der Waals surface area contributed by atoms with Gasteiger partial charge < -0.3 is 4.42 Å². The predicted molar refractivity (Wildman–Crippen MR) is 71.9 cm³/mol. The number of rotatable bonds is 4. The number of nitrogens with zero attached hydrogens (tertiary/aromatic N) is 2. The van der Waals surface area contributed by atoms with Gasteiger partial charge in [-0.15, -0.1) is 0 Å². The lowest BCUT2D eigenvalue weighted by atomic mass is 10.3. The van der Waals surface area contributed by atoms with Crippen molar-refractivity contribution >= 4 is 29.0 Å². The number of amides is 1. The number of hydrogen-bond donors (Lipinski definition) is 1. The molecule has 1 amide bonds. The van der Waals surface area contributed by atoms with Crippen molar-refractivity contribution in [3.63, 3.8) is 0 Å². The standard InChI is InChI=1S/C12H10ClN3O4/c1-2-7-3-5-9(20-7)12(17)15-11-8(16(18)19)4-6-10(13)14-11/h3-6H,2H2,1H3,(H,14,15,17). The predicted octanol–water partition coefficient (Wildman–Crippen LogP) is 3.05. The molecule has 0 bridgehead atoms. The van der Waals surface area contributed by atoms with Gasteiger partial charge in [-0.25, -0.2) is 4.98 Å². The number of pyridine rings is 1. The van der Waals surface area contributed by atoms with Gasteiger partial charge >= 0.3 is 5.69 Å². The molecule has 104 valence electrons. The van der Waals surface area contributed by atoms with E-state index in [1.54, 1.807) is 6.07 Å². The van der Waals surface area contributed by atoms with Crippen molar-refractivity contribution in [2.45, 2.75) is 13.3 Å². The van der Waals surface area contributed by atoms with Crippen LogP contribution in [0.2, 0.25) is 5.15 Å². The van der Waals surface area contributed by atoms with E-state index in [4.69, 9.17) is 16.0 Å². The van der Waals surface area contributed by atoms with Gasteiger partial charge in [-0.1, -0.05) is 18.5 Å². The van der Waals surface area contributed by atoms with Crippen molar-refractivity contribution in [3.05, 3.63) is 51.1 Å². The van der Waals surface area contributed by atoms with E-state index < -0.39 is 10.8 Å². The molecule has 0 saturated heterocycles. The second kappa shape index (κ2) is 5.70. The summed E-state index contributed by atoms with van der Waals surface area (Å²) in [6.45, 7) is 1.88. The molecule has 0 radical (unpaired) electrons. The Balaban J connectivity index is 2.27. The summed E-state index contributed by atoms with van der Waals surface area (Å²) in [5, 5.41) is 13.2. The Morgan fingerprint density at radius 1 is 1.45 bits per heavy atom. The Morgan fingerprint density at radius 3 is 2.80 bits per heavy atom. The first kappa shape index (κ1) is 14.0. The van der Waals surface area contributed by atoms with Crippen LogP contribution >= 0.6 is 11.6 Å². The number of carbonyl (C=O) groups excluding carboxylic acids is 1. The van der Waals surface area contributed by atoms with E-state index in [1.165, 1.54) is 18.2 Å². The lowest BCUT2D eigenvalue weighted by Gasteiger charge is -2.03. The molecular weight excluding hydrogens is 286 g/mol. The van der Waals surface area contributed by atoms with Gasteiger partial charge in [0.05, 0.1) is 4.92 Å².